The molecule has 0 heterocycles. The van der Waals surface area contributed by atoms with Crippen molar-refractivity contribution in [2.75, 3.05) is 41.8 Å². The van der Waals surface area contributed by atoms with Crippen LogP contribution in [0, 0.1) is 11.8 Å². The summed E-state index contributed by atoms with van der Waals surface area (Å²) in [6.45, 7) is 12.6. The molecule has 8 heteroatoms. The molecule has 0 aromatic heterocycles. The van der Waals surface area contributed by atoms with Crippen molar-refractivity contribution in [3.63, 3.8) is 0 Å². The lowest BCUT2D eigenvalue weighted by Crippen LogP contribution is -2.57. The number of nitrogens with zero attached hydrogens (tertiary/aromatic N) is 3. The van der Waals surface area contributed by atoms with E-state index in [0.717, 1.165) is 19.3 Å². The zero-order chi connectivity index (χ0) is 25.9. The minimum atomic E-state index is -0.685. The average Bonchev–Trinajstić information content (AvgIpc) is 2.74. The number of rotatable bonds is 15. The third kappa shape index (κ3) is 9.61. The Kier molecular flexibility index (Phi) is 14.5. The molecule has 8 nitrogen and oxygen atoms in total. The third-order valence-electron chi connectivity index (χ3n) is 6.54. The zero-order valence-electron chi connectivity index (χ0n) is 23.0. The maximum atomic E-state index is 13.3. The Morgan fingerprint density at radius 3 is 1.97 bits per heavy atom. The van der Waals surface area contributed by atoms with Crippen molar-refractivity contribution < 1.29 is 19.1 Å². The van der Waals surface area contributed by atoms with Crippen molar-refractivity contribution in [3.8, 4) is 0 Å². The SMILES string of the molecule is CCCCN(C)C(=O)C[C@@H](OC)C([C@@H](C)CC)N(C)C(=O)[C@H](C)NC(=O)[C@H](C(C)C)N(C)C. The van der Waals surface area contributed by atoms with Crippen LogP contribution < -0.4 is 5.32 Å². The third-order valence-corrected chi connectivity index (χ3v) is 6.54. The van der Waals surface area contributed by atoms with Gasteiger partial charge in [0.15, 0.2) is 0 Å². The maximum Gasteiger partial charge on any atom is 0.244 e. The first-order valence-corrected chi connectivity index (χ1v) is 12.3. The Hall–Kier alpha value is -1.67. The maximum absolute atomic E-state index is 13.3. The van der Waals surface area contributed by atoms with Crippen molar-refractivity contribution in [2.45, 2.75) is 91.5 Å². The molecule has 3 amide bonds. The molecule has 0 saturated carbocycles. The van der Waals surface area contributed by atoms with Gasteiger partial charge in [0.2, 0.25) is 17.7 Å². The van der Waals surface area contributed by atoms with Crippen molar-refractivity contribution in [1.29, 1.82) is 0 Å². The molecule has 1 unspecified atom stereocenters. The molecule has 194 valence electrons. The normalized spacial score (nSPS) is 16.2. The zero-order valence-corrected chi connectivity index (χ0v) is 23.0. The molecular formula is C25H50N4O4. The Balaban J connectivity index is 5.54. The Morgan fingerprint density at radius 2 is 1.55 bits per heavy atom. The minimum Gasteiger partial charge on any atom is -0.379 e. The predicted octanol–water partition coefficient (Wildman–Crippen LogP) is 2.61. The molecule has 0 spiro atoms. The number of carbonyl (C=O) groups is 3. The number of likely N-dealkylation sites (N-methyl/N-ethyl adjacent to an activating group) is 2. The summed E-state index contributed by atoms with van der Waals surface area (Å²) in [5.74, 6) is -0.118. The Labute approximate surface area is 202 Å². The molecule has 0 aliphatic carbocycles. The van der Waals surface area contributed by atoms with Gasteiger partial charge in [0, 0.05) is 27.7 Å². The average molecular weight is 471 g/mol. The fourth-order valence-corrected chi connectivity index (χ4v) is 4.38. The number of amides is 3. The summed E-state index contributed by atoms with van der Waals surface area (Å²) < 4.78 is 5.76. The molecule has 0 saturated heterocycles. The second kappa shape index (κ2) is 15.3. The number of unbranched alkanes of at least 4 members (excludes halogenated alkanes) is 1. The minimum absolute atomic E-state index is 0.0107. The number of ether oxygens (including phenoxy) is 1. The van der Waals surface area contributed by atoms with E-state index >= 15 is 0 Å². The first-order valence-electron chi connectivity index (χ1n) is 12.3. The van der Waals surface area contributed by atoms with Gasteiger partial charge in [-0.3, -0.25) is 19.3 Å². The van der Waals surface area contributed by atoms with Crippen LogP contribution in [0.25, 0.3) is 0 Å². The van der Waals surface area contributed by atoms with E-state index in [-0.39, 0.29) is 48.1 Å². The monoisotopic (exact) mass is 470 g/mol. The highest BCUT2D eigenvalue weighted by atomic mass is 16.5. The quantitative estimate of drug-likeness (QED) is 0.398. The predicted molar refractivity (Wildman–Crippen MR) is 134 cm³/mol. The highest BCUT2D eigenvalue weighted by molar-refractivity contribution is 5.89. The van der Waals surface area contributed by atoms with Gasteiger partial charge in [-0.05, 0) is 39.3 Å². The number of hydrogen-bond donors (Lipinski definition) is 1. The van der Waals surface area contributed by atoms with Gasteiger partial charge in [-0.2, -0.15) is 0 Å². The van der Waals surface area contributed by atoms with Crippen LogP contribution in [0.2, 0.25) is 0 Å². The van der Waals surface area contributed by atoms with Gasteiger partial charge in [0.25, 0.3) is 0 Å². The van der Waals surface area contributed by atoms with Crippen molar-refractivity contribution in [2.24, 2.45) is 11.8 Å². The van der Waals surface area contributed by atoms with E-state index in [1.807, 2.05) is 39.9 Å². The van der Waals surface area contributed by atoms with Gasteiger partial charge >= 0.3 is 0 Å². The van der Waals surface area contributed by atoms with Gasteiger partial charge in [-0.25, -0.2) is 0 Å². The van der Waals surface area contributed by atoms with E-state index in [0.29, 0.717) is 6.54 Å². The highest BCUT2D eigenvalue weighted by Crippen LogP contribution is 2.23. The van der Waals surface area contributed by atoms with Crippen LogP contribution in [0.3, 0.4) is 0 Å². The molecular weight excluding hydrogens is 420 g/mol. The molecule has 5 atom stereocenters. The smallest absolute Gasteiger partial charge is 0.244 e. The van der Waals surface area contributed by atoms with Gasteiger partial charge in [-0.1, -0.05) is 47.5 Å². The molecule has 0 aliphatic heterocycles. The lowest BCUT2D eigenvalue weighted by Gasteiger charge is -2.39. The summed E-state index contributed by atoms with van der Waals surface area (Å²) in [4.78, 5) is 44.2. The van der Waals surface area contributed by atoms with Crippen LogP contribution in [-0.2, 0) is 19.1 Å². The summed E-state index contributed by atoms with van der Waals surface area (Å²) in [7, 11) is 8.86. The van der Waals surface area contributed by atoms with E-state index in [2.05, 4.69) is 26.1 Å². The molecule has 1 N–H and O–H groups in total. The number of carbonyl (C=O) groups excluding carboxylic acids is 3. The van der Waals surface area contributed by atoms with Crippen LogP contribution >= 0.6 is 0 Å². The highest BCUT2D eigenvalue weighted by Gasteiger charge is 2.36. The molecule has 33 heavy (non-hydrogen) atoms. The van der Waals surface area contributed by atoms with E-state index in [4.69, 9.17) is 4.74 Å². The molecule has 0 aromatic rings. The summed E-state index contributed by atoms with van der Waals surface area (Å²) in [5.41, 5.74) is 0. The molecule has 0 rings (SSSR count). The first kappa shape index (κ1) is 31.3. The molecule has 0 fully saturated rings. The fourth-order valence-electron chi connectivity index (χ4n) is 4.38. The number of methoxy groups -OCH3 is 1. The van der Waals surface area contributed by atoms with Crippen LogP contribution in [0.4, 0.5) is 0 Å². The van der Waals surface area contributed by atoms with Gasteiger partial charge in [0.05, 0.1) is 24.6 Å². The summed E-state index contributed by atoms with van der Waals surface area (Å²) in [5, 5.41) is 2.89. The van der Waals surface area contributed by atoms with Crippen molar-refractivity contribution in [1.82, 2.24) is 20.0 Å². The molecule has 0 radical (unpaired) electrons. The lowest BCUT2D eigenvalue weighted by atomic mass is 9.90. The first-order chi connectivity index (χ1) is 15.3. The second-order valence-corrected chi connectivity index (χ2v) is 9.86. The van der Waals surface area contributed by atoms with Gasteiger partial charge in [-0.15, -0.1) is 0 Å². The lowest BCUT2D eigenvalue weighted by molar-refractivity contribution is -0.144. The second-order valence-electron chi connectivity index (χ2n) is 9.86. The van der Waals surface area contributed by atoms with Crippen molar-refractivity contribution in [3.05, 3.63) is 0 Å². The summed E-state index contributed by atoms with van der Waals surface area (Å²) in [6, 6.07) is -1.29. The summed E-state index contributed by atoms with van der Waals surface area (Å²) >= 11 is 0. The number of hydrogen-bond acceptors (Lipinski definition) is 5. The number of nitrogens with one attached hydrogen (secondary N) is 1. The topological polar surface area (TPSA) is 82.2 Å². The van der Waals surface area contributed by atoms with E-state index in [1.165, 1.54) is 0 Å². The van der Waals surface area contributed by atoms with E-state index in [1.54, 1.807) is 30.9 Å². The van der Waals surface area contributed by atoms with Crippen LogP contribution in [0.5, 0.6) is 0 Å². The van der Waals surface area contributed by atoms with Crippen LogP contribution in [0.1, 0.15) is 67.2 Å². The molecule has 0 bridgehead atoms. The molecule has 0 aromatic carbocycles. The van der Waals surface area contributed by atoms with Gasteiger partial charge < -0.3 is 19.9 Å². The van der Waals surface area contributed by atoms with Gasteiger partial charge in [0.1, 0.15) is 6.04 Å². The van der Waals surface area contributed by atoms with Crippen molar-refractivity contribution >= 4 is 17.7 Å². The fraction of sp³-hybridized carbons (Fsp3) is 0.880. The van der Waals surface area contributed by atoms with Crippen LogP contribution in [-0.4, -0.2) is 98.5 Å². The Morgan fingerprint density at radius 1 is 0.970 bits per heavy atom. The Bertz CT molecular complexity index is 603. The standard InChI is InChI=1S/C25H50N4O4/c1-12-14-15-28(9)21(30)16-20(33-11)23(18(5)13-2)29(10)25(32)19(6)26-24(31)22(17(3)4)27(7)8/h17-20,22-23H,12-16H2,1-11H3,(H,26,31)/t18-,19-,20+,22-,23?/m0/s1. The van der Waals surface area contributed by atoms with E-state index in [9.17, 15) is 14.4 Å². The summed E-state index contributed by atoms with van der Waals surface area (Å²) in [6.07, 6.45) is 2.58. The largest absolute Gasteiger partial charge is 0.379 e. The van der Waals surface area contributed by atoms with Crippen LogP contribution in [0.15, 0.2) is 0 Å². The van der Waals surface area contributed by atoms with E-state index < -0.39 is 12.1 Å². The molecule has 0 aliphatic rings.